The Morgan fingerprint density at radius 2 is 1.72 bits per heavy atom. The van der Waals surface area contributed by atoms with Crippen molar-refractivity contribution in [3.63, 3.8) is 0 Å². The third-order valence-corrected chi connectivity index (χ3v) is 3.00. The first-order valence-electron chi connectivity index (χ1n) is 5.78. The lowest BCUT2D eigenvalue weighted by Crippen LogP contribution is -2.54. The van der Waals surface area contributed by atoms with Gasteiger partial charge in [0, 0.05) is 12.1 Å². The minimum atomic E-state index is -6.58. The van der Waals surface area contributed by atoms with E-state index in [0.717, 1.165) is 0 Å². The number of nitro benzene ring substituents is 1. The van der Waals surface area contributed by atoms with Gasteiger partial charge in [0.1, 0.15) is 11.3 Å². The van der Waals surface area contributed by atoms with Gasteiger partial charge in [-0.2, -0.15) is 30.7 Å². The van der Waals surface area contributed by atoms with Gasteiger partial charge in [-0.05, 0) is 0 Å². The zero-order valence-electron chi connectivity index (χ0n) is 11.4. The van der Waals surface area contributed by atoms with Crippen LogP contribution in [0, 0.1) is 10.1 Å². The summed E-state index contributed by atoms with van der Waals surface area (Å²) in [4.78, 5) is 20.3. The molecule has 14 heteroatoms. The van der Waals surface area contributed by atoms with Gasteiger partial charge in [-0.15, -0.1) is 0 Å². The predicted molar refractivity (Wildman–Crippen MR) is 66.5 cm³/mol. The Labute approximate surface area is 137 Å². The lowest BCUT2D eigenvalue weighted by Gasteiger charge is -2.28. The second-order valence-electron chi connectivity index (χ2n) is 4.43. The third kappa shape index (κ3) is 4.03. The number of alkyl halides is 7. The minimum Gasteiger partial charge on any atom is -0.485 e. The van der Waals surface area contributed by atoms with E-state index in [-0.39, 0.29) is 6.07 Å². The normalized spacial score (nSPS) is 12.8. The fraction of sp³-hybridized carbons (Fsp3) is 0.364. The summed E-state index contributed by atoms with van der Waals surface area (Å²) >= 11 is 5.41. The number of halogens is 8. The number of hydrogen-bond donors (Lipinski definition) is 1. The van der Waals surface area contributed by atoms with Gasteiger partial charge in [-0.3, -0.25) is 10.1 Å². The molecule has 0 radical (unpaired) electrons. The molecule has 0 atom stereocenters. The van der Waals surface area contributed by atoms with E-state index in [0.29, 0.717) is 6.07 Å². The maximum atomic E-state index is 13.1. The number of hydrogen-bond acceptors (Lipinski definition) is 4. The molecule has 1 N–H and O–H groups in total. The number of rotatable bonds is 6. The Morgan fingerprint density at radius 1 is 1.20 bits per heavy atom. The standard InChI is InChI=1S/C11H5ClF7NO5/c12-5-2-6(20(23)24)4(8(21)22)1-7(5)25-3-9(13,14)10(15,16)11(17,18)19/h1-2H,3H2,(H,21,22). The minimum absolute atomic E-state index is 0.255. The largest absolute Gasteiger partial charge is 0.485 e. The Bertz CT molecular complexity index is 707. The van der Waals surface area contributed by atoms with Crippen molar-refractivity contribution in [3.8, 4) is 5.75 Å². The molecule has 140 valence electrons. The van der Waals surface area contributed by atoms with Crippen molar-refractivity contribution in [2.45, 2.75) is 18.0 Å². The van der Waals surface area contributed by atoms with Crippen LogP contribution < -0.4 is 4.74 Å². The van der Waals surface area contributed by atoms with Gasteiger partial charge in [0.2, 0.25) is 0 Å². The van der Waals surface area contributed by atoms with Crippen LogP contribution in [-0.4, -0.2) is 40.6 Å². The van der Waals surface area contributed by atoms with Gasteiger partial charge in [-0.25, -0.2) is 4.79 Å². The Balaban J connectivity index is 3.18. The summed E-state index contributed by atoms with van der Waals surface area (Å²) in [6.07, 6.45) is -6.58. The van der Waals surface area contributed by atoms with E-state index in [4.69, 9.17) is 16.7 Å². The Hall–Kier alpha value is -2.31. The molecular weight excluding hydrogens is 395 g/mol. The number of carbonyl (C=O) groups is 1. The van der Waals surface area contributed by atoms with Crippen LogP contribution in [0.5, 0.6) is 5.75 Å². The van der Waals surface area contributed by atoms with Crippen LogP contribution in [0.15, 0.2) is 12.1 Å². The van der Waals surface area contributed by atoms with Crippen LogP contribution in [0.25, 0.3) is 0 Å². The molecule has 0 aliphatic rings. The van der Waals surface area contributed by atoms with Crippen LogP contribution in [0.3, 0.4) is 0 Å². The summed E-state index contributed by atoms with van der Waals surface area (Å²) in [7, 11) is 0. The molecular formula is C11H5ClF7NO5. The van der Waals surface area contributed by atoms with E-state index in [9.17, 15) is 45.6 Å². The molecule has 1 rings (SSSR count). The highest BCUT2D eigenvalue weighted by molar-refractivity contribution is 6.32. The molecule has 0 saturated heterocycles. The van der Waals surface area contributed by atoms with E-state index in [1.807, 2.05) is 0 Å². The van der Waals surface area contributed by atoms with Crippen molar-refractivity contribution in [2.75, 3.05) is 6.61 Å². The first-order chi connectivity index (χ1) is 11.1. The molecule has 0 aliphatic heterocycles. The molecule has 0 spiro atoms. The van der Waals surface area contributed by atoms with Gasteiger partial charge in [-0.1, -0.05) is 11.6 Å². The highest BCUT2D eigenvalue weighted by atomic mass is 35.5. The first kappa shape index (κ1) is 20.7. The summed E-state index contributed by atoms with van der Waals surface area (Å²) in [5, 5.41) is 18.6. The molecule has 25 heavy (non-hydrogen) atoms. The molecule has 0 amide bonds. The van der Waals surface area contributed by atoms with E-state index in [1.165, 1.54) is 0 Å². The van der Waals surface area contributed by atoms with E-state index >= 15 is 0 Å². The van der Waals surface area contributed by atoms with Crippen LogP contribution in [-0.2, 0) is 0 Å². The highest BCUT2D eigenvalue weighted by Crippen LogP contribution is 2.47. The number of benzene rings is 1. The second kappa shape index (κ2) is 6.54. The van der Waals surface area contributed by atoms with Crippen molar-refractivity contribution < 1.29 is 50.3 Å². The van der Waals surface area contributed by atoms with Crippen molar-refractivity contribution in [1.29, 1.82) is 0 Å². The lowest BCUT2D eigenvalue weighted by molar-refractivity contribution is -0.385. The fourth-order valence-corrected chi connectivity index (χ4v) is 1.65. The SMILES string of the molecule is O=C(O)c1cc(OCC(F)(F)C(F)(F)C(F)(F)F)c(Cl)cc1[N+](=O)[O-]. The molecule has 0 aromatic heterocycles. The lowest BCUT2D eigenvalue weighted by atomic mass is 10.1. The molecule has 0 unspecified atom stereocenters. The average Bonchev–Trinajstić information content (AvgIpc) is 2.43. The number of nitro groups is 1. The first-order valence-corrected chi connectivity index (χ1v) is 6.16. The van der Waals surface area contributed by atoms with Gasteiger partial charge in [0.05, 0.1) is 9.95 Å². The number of ether oxygens (including phenoxy) is 1. The summed E-state index contributed by atoms with van der Waals surface area (Å²) in [5.41, 5.74) is -2.17. The van der Waals surface area contributed by atoms with Crippen LogP contribution in [0.1, 0.15) is 10.4 Å². The van der Waals surface area contributed by atoms with Crippen LogP contribution >= 0.6 is 11.6 Å². The molecule has 1 aromatic rings. The predicted octanol–water partition coefficient (Wildman–Crippen LogP) is 4.16. The summed E-state index contributed by atoms with van der Waals surface area (Å²) < 4.78 is 91.7. The van der Waals surface area contributed by atoms with Crippen molar-refractivity contribution in [1.82, 2.24) is 0 Å². The smallest absolute Gasteiger partial charge is 0.460 e. The van der Waals surface area contributed by atoms with Crippen molar-refractivity contribution >= 4 is 23.3 Å². The Kier molecular flexibility index (Phi) is 5.42. The second-order valence-corrected chi connectivity index (χ2v) is 4.83. The van der Waals surface area contributed by atoms with Crippen molar-refractivity contribution in [2.24, 2.45) is 0 Å². The monoisotopic (exact) mass is 399 g/mol. The van der Waals surface area contributed by atoms with Crippen molar-refractivity contribution in [3.05, 3.63) is 32.8 Å². The quantitative estimate of drug-likeness (QED) is 0.441. The number of carboxylic acid groups (broad SMARTS) is 1. The summed E-state index contributed by atoms with van der Waals surface area (Å²) in [5.74, 6) is -15.1. The van der Waals surface area contributed by atoms with E-state index < -0.39 is 57.5 Å². The van der Waals surface area contributed by atoms with Crippen LogP contribution in [0.2, 0.25) is 5.02 Å². The maximum Gasteiger partial charge on any atom is 0.460 e. The number of carboxylic acids is 1. The molecule has 0 bridgehead atoms. The van der Waals surface area contributed by atoms with Gasteiger partial charge in [0.15, 0.2) is 6.61 Å². The highest BCUT2D eigenvalue weighted by Gasteiger charge is 2.73. The molecule has 6 nitrogen and oxygen atoms in total. The van der Waals surface area contributed by atoms with E-state index in [2.05, 4.69) is 4.74 Å². The average molecular weight is 400 g/mol. The topological polar surface area (TPSA) is 89.7 Å². The Morgan fingerprint density at radius 3 is 2.12 bits per heavy atom. The molecule has 0 aliphatic carbocycles. The summed E-state index contributed by atoms with van der Waals surface area (Å²) in [6.45, 7) is -2.52. The molecule has 0 fully saturated rings. The fourth-order valence-electron chi connectivity index (χ4n) is 1.44. The van der Waals surface area contributed by atoms with Gasteiger partial charge >= 0.3 is 24.0 Å². The third-order valence-electron chi connectivity index (χ3n) is 2.70. The van der Waals surface area contributed by atoms with Gasteiger partial charge in [0.25, 0.3) is 5.69 Å². The molecule has 0 saturated carbocycles. The zero-order chi connectivity index (χ0) is 19.8. The maximum absolute atomic E-state index is 13.1. The van der Waals surface area contributed by atoms with Crippen LogP contribution in [0.4, 0.5) is 36.4 Å². The number of nitrogens with zero attached hydrogens (tertiary/aromatic N) is 1. The zero-order valence-corrected chi connectivity index (χ0v) is 12.2. The number of aromatic carboxylic acids is 1. The van der Waals surface area contributed by atoms with E-state index in [1.54, 1.807) is 0 Å². The molecule has 1 aromatic carbocycles. The summed E-state index contributed by atoms with van der Waals surface area (Å²) in [6, 6.07) is 0.616. The molecule has 0 heterocycles. The van der Waals surface area contributed by atoms with Gasteiger partial charge < -0.3 is 9.84 Å².